The molecule has 2 aliphatic heterocycles. The largest absolute Gasteiger partial charge is 0.440 e. The Kier molecular flexibility index (Phi) is 0.943. The van der Waals surface area contributed by atoms with Gasteiger partial charge in [0.1, 0.15) is 0 Å². The molecule has 0 fully saturated rings. The van der Waals surface area contributed by atoms with Crippen molar-refractivity contribution in [3.05, 3.63) is 18.3 Å². The molecule has 4 heteroatoms. The Balaban J connectivity index is 2.78. The van der Waals surface area contributed by atoms with Gasteiger partial charge in [-0.05, 0) is 6.92 Å². The fraction of sp³-hybridized carbons (Fsp3) is 0.167. The minimum atomic E-state index is 0.688. The molecule has 0 aromatic heterocycles. The number of nitrogens with zero attached hydrogens (tertiary/aromatic N) is 3. The summed E-state index contributed by atoms with van der Waals surface area (Å²) in [5, 5.41) is 7.42. The van der Waals surface area contributed by atoms with Gasteiger partial charge in [0, 0.05) is 0 Å². The van der Waals surface area contributed by atoms with Crippen molar-refractivity contribution >= 4 is 0 Å². The third kappa shape index (κ3) is 0.586. The number of hydrogen-bond acceptors (Lipinski definition) is 4. The maximum atomic E-state index is 5.00. The minimum absolute atomic E-state index is 0.688. The summed E-state index contributed by atoms with van der Waals surface area (Å²) in [7, 11) is 0. The van der Waals surface area contributed by atoms with Crippen LogP contribution >= 0.6 is 0 Å². The van der Waals surface area contributed by atoms with Crippen LogP contribution in [0.5, 0.6) is 0 Å². The van der Waals surface area contributed by atoms with E-state index in [1.165, 1.54) is 6.39 Å². The maximum Gasteiger partial charge on any atom is 0.202 e. The van der Waals surface area contributed by atoms with E-state index in [0.717, 1.165) is 11.4 Å². The van der Waals surface area contributed by atoms with Crippen molar-refractivity contribution in [1.29, 1.82) is 0 Å². The molecule has 10 heavy (non-hydrogen) atoms. The molecule has 0 aromatic rings. The van der Waals surface area contributed by atoms with E-state index in [-0.39, 0.29) is 0 Å². The summed E-state index contributed by atoms with van der Waals surface area (Å²) in [5.41, 5.74) is 1.59. The first kappa shape index (κ1) is 5.34. The van der Waals surface area contributed by atoms with Crippen LogP contribution in [0.1, 0.15) is 5.69 Å². The van der Waals surface area contributed by atoms with Gasteiger partial charge in [-0.3, -0.25) is 4.98 Å². The second-order valence-electron chi connectivity index (χ2n) is 2.00. The number of hydrogen-bond donors (Lipinski definition) is 0. The molecule has 0 N–H and O–H groups in total. The van der Waals surface area contributed by atoms with Crippen molar-refractivity contribution < 1.29 is 4.42 Å². The Morgan fingerprint density at radius 3 is 3.20 bits per heavy atom. The van der Waals surface area contributed by atoms with Crippen LogP contribution in [0.4, 0.5) is 0 Å². The summed E-state index contributed by atoms with van der Waals surface area (Å²) in [4.78, 5) is 4.00. The van der Waals surface area contributed by atoms with Crippen molar-refractivity contribution in [2.45, 2.75) is 6.92 Å². The molecule has 2 heterocycles. The molecule has 0 saturated heterocycles. The molecule has 0 radical (unpaired) electrons. The third-order valence-corrected chi connectivity index (χ3v) is 1.34. The SMILES string of the molecule is Cc1ncc2ocnnc1-2. The molecule has 0 unspecified atom stereocenters. The van der Waals surface area contributed by atoms with Crippen LogP contribution in [0.25, 0.3) is 11.5 Å². The first-order valence-electron chi connectivity index (χ1n) is 2.89. The highest BCUT2D eigenvalue weighted by Crippen LogP contribution is 2.19. The van der Waals surface area contributed by atoms with Gasteiger partial charge in [0.25, 0.3) is 0 Å². The Hall–Kier alpha value is -1.45. The second-order valence-corrected chi connectivity index (χ2v) is 2.00. The Morgan fingerprint density at radius 1 is 1.50 bits per heavy atom. The van der Waals surface area contributed by atoms with Crippen LogP contribution in [0, 0.1) is 6.92 Å². The van der Waals surface area contributed by atoms with E-state index in [4.69, 9.17) is 4.42 Å². The van der Waals surface area contributed by atoms with Crippen LogP contribution in [0.15, 0.2) is 17.0 Å². The topological polar surface area (TPSA) is 51.8 Å². The molecule has 0 aromatic carbocycles. The highest BCUT2D eigenvalue weighted by Gasteiger charge is 2.10. The standard InChI is InChI=1S/C6H5N3O/c1-4-6-5(2-7-4)10-3-8-9-6/h2-3H,1H3. The fourth-order valence-corrected chi connectivity index (χ4v) is 0.826. The summed E-state index contributed by atoms with van der Waals surface area (Å²) in [5.74, 6) is 0.688. The van der Waals surface area contributed by atoms with E-state index in [2.05, 4.69) is 15.2 Å². The lowest BCUT2D eigenvalue weighted by atomic mass is 10.3. The Bertz CT molecular complexity index is 317. The van der Waals surface area contributed by atoms with E-state index in [0.29, 0.717) is 5.76 Å². The molecular weight excluding hydrogens is 130 g/mol. The summed E-state index contributed by atoms with van der Waals surface area (Å²) < 4.78 is 5.00. The highest BCUT2D eigenvalue weighted by atomic mass is 16.3. The monoisotopic (exact) mass is 135 g/mol. The quantitative estimate of drug-likeness (QED) is 0.538. The van der Waals surface area contributed by atoms with Crippen molar-refractivity contribution in [1.82, 2.24) is 15.2 Å². The molecule has 0 saturated carbocycles. The van der Waals surface area contributed by atoms with Crippen molar-refractivity contribution in [3.8, 4) is 11.5 Å². The number of fused-ring (bicyclic) bond motifs is 1. The van der Waals surface area contributed by atoms with Gasteiger partial charge < -0.3 is 4.42 Å². The van der Waals surface area contributed by atoms with Crippen LogP contribution in [-0.4, -0.2) is 15.2 Å². The van der Waals surface area contributed by atoms with Gasteiger partial charge in [0.15, 0.2) is 11.5 Å². The van der Waals surface area contributed by atoms with Crippen molar-refractivity contribution in [2.24, 2.45) is 0 Å². The van der Waals surface area contributed by atoms with Gasteiger partial charge in [0.05, 0.1) is 11.9 Å². The van der Waals surface area contributed by atoms with E-state index < -0.39 is 0 Å². The zero-order valence-electron chi connectivity index (χ0n) is 5.40. The predicted octanol–water partition coefficient (Wildman–Crippen LogP) is 0.878. The lowest BCUT2D eigenvalue weighted by Crippen LogP contribution is -1.85. The molecule has 0 aliphatic carbocycles. The molecule has 0 amide bonds. The summed E-state index contributed by atoms with van der Waals surface area (Å²) in [6.45, 7) is 1.87. The summed E-state index contributed by atoms with van der Waals surface area (Å²) in [6.07, 6.45) is 2.93. The van der Waals surface area contributed by atoms with Crippen molar-refractivity contribution in [2.75, 3.05) is 0 Å². The zero-order valence-corrected chi connectivity index (χ0v) is 5.40. The average Bonchev–Trinajstić information content (AvgIpc) is 2.34. The zero-order chi connectivity index (χ0) is 6.97. The van der Waals surface area contributed by atoms with Crippen LogP contribution in [0.3, 0.4) is 0 Å². The van der Waals surface area contributed by atoms with Gasteiger partial charge >= 0.3 is 0 Å². The third-order valence-electron chi connectivity index (χ3n) is 1.34. The fourth-order valence-electron chi connectivity index (χ4n) is 0.826. The van der Waals surface area contributed by atoms with E-state index in [1.54, 1.807) is 6.20 Å². The highest BCUT2D eigenvalue weighted by molar-refractivity contribution is 5.54. The first-order valence-corrected chi connectivity index (χ1v) is 2.89. The smallest absolute Gasteiger partial charge is 0.202 e. The van der Waals surface area contributed by atoms with Gasteiger partial charge in [0.2, 0.25) is 6.39 Å². The summed E-state index contributed by atoms with van der Waals surface area (Å²) in [6, 6.07) is 0. The molecule has 2 aliphatic rings. The van der Waals surface area contributed by atoms with E-state index in [9.17, 15) is 0 Å². The molecule has 4 nitrogen and oxygen atoms in total. The predicted molar refractivity (Wildman–Crippen MR) is 33.5 cm³/mol. The molecule has 0 spiro atoms. The molecule has 0 bridgehead atoms. The average molecular weight is 135 g/mol. The Morgan fingerprint density at radius 2 is 2.40 bits per heavy atom. The van der Waals surface area contributed by atoms with Crippen LogP contribution < -0.4 is 0 Å². The van der Waals surface area contributed by atoms with E-state index in [1.807, 2.05) is 6.92 Å². The molecule has 50 valence electrons. The summed E-state index contributed by atoms with van der Waals surface area (Å²) >= 11 is 0. The van der Waals surface area contributed by atoms with Gasteiger partial charge in [-0.25, -0.2) is 0 Å². The van der Waals surface area contributed by atoms with Gasteiger partial charge in [-0.1, -0.05) is 0 Å². The molecule has 0 atom stereocenters. The van der Waals surface area contributed by atoms with Crippen LogP contribution in [-0.2, 0) is 0 Å². The second kappa shape index (κ2) is 1.76. The van der Waals surface area contributed by atoms with Gasteiger partial charge in [-0.2, -0.15) is 0 Å². The first-order chi connectivity index (χ1) is 4.88. The van der Waals surface area contributed by atoms with E-state index >= 15 is 0 Å². The Labute approximate surface area is 57.3 Å². The van der Waals surface area contributed by atoms with Crippen molar-refractivity contribution in [3.63, 3.8) is 0 Å². The maximum absolute atomic E-state index is 5.00. The molecule has 2 rings (SSSR count). The van der Waals surface area contributed by atoms with Crippen LogP contribution in [0.2, 0.25) is 0 Å². The lowest BCUT2D eigenvalue weighted by Gasteiger charge is -1.91. The van der Waals surface area contributed by atoms with Gasteiger partial charge in [-0.15, -0.1) is 10.2 Å². The normalized spacial score (nSPS) is 10.5. The minimum Gasteiger partial charge on any atom is -0.440 e. The molecular formula is C6H5N3O. The number of rotatable bonds is 0. The lowest BCUT2D eigenvalue weighted by molar-refractivity contribution is 0.524. The number of aromatic nitrogens is 3. The number of aryl methyl sites for hydroxylation is 1.